The molecule has 96 valence electrons. The minimum Gasteiger partial charge on any atom is -0.497 e. The van der Waals surface area contributed by atoms with Crippen molar-refractivity contribution in [2.75, 3.05) is 26.6 Å². The first kappa shape index (κ1) is 14.2. The van der Waals surface area contributed by atoms with E-state index in [4.69, 9.17) is 9.47 Å². The number of thioether (sulfide) groups is 1. The fourth-order valence-corrected chi connectivity index (χ4v) is 2.51. The molecule has 17 heavy (non-hydrogen) atoms. The van der Waals surface area contributed by atoms with Gasteiger partial charge in [-0.1, -0.05) is 6.42 Å². The number of methoxy groups -OCH3 is 2. The van der Waals surface area contributed by atoms with Crippen molar-refractivity contribution in [3.05, 3.63) is 18.2 Å². The van der Waals surface area contributed by atoms with E-state index in [-0.39, 0.29) is 6.67 Å². The van der Waals surface area contributed by atoms with Gasteiger partial charge in [0, 0.05) is 0 Å². The van der Waals surface area contributed by atoms with E-state index >= 15 is 0 Å². The van der Waals surface area contributed by atoms with E-state index in [1.165, 1.54) is 0 Å². The molecule has 4 heteroatoms. The summed E-state index contributed by atoms with van der Waals surface area (Å²) in [6.45, 7) is -0.215. The highest BCUT2D eigenvalue weighted by Gasteiger charge is 2.05. The van der Waals surface area contributed by atoms with Gasteiger partial charge in [-0.3, -0.25) is 4.39 Å². The summed E-state index contributed by atoms with van der Waals surface area (Å²) in [5.41, 5.74) is 0. The summed E-state index contributed by atoms with van der Waals surface area (Å²) >= 11 is 1.72. The van der Waals surface area contributed by atoms with Crippen molar-refractivity contribution in [1.29, 1.82) is 0 Å². The lowest BCUT2D eigenvalue weighted by molar-refractivity contribution is 0.394. The molecule has 0 aliphatic carbocycles. The molecule has 2 nitrogen and oxygen atoms in total. The van der Waals surface area contributed by atoms with E-state index in [9.17, 15) is 4.39 Å². The Bertz CT molecular complexity index is 331. The van der Waals surface area contributed by atoms with Crippen molar-refractivity contribution in [3.63, 3.8) is 0 Å². The first-order valence-electron chi connectivity index (χ1n) is 5.72. The Kier molecular flexibility index (Phi) is 6.86. The molecule has 0 aliphatic heterocycles. The van der Waals surface area contributed by atoms with Crippen LogP contribution < -0.4 is 9.47 Å². The number of benzene rings is 1. The molecule has 0 saturated carbocycles. The number of ether oxygens (including phenoxy) is 2. The van der Waals surface area contributed by atoms with Crippen LogP contribution in [0.4, 0.5) is 4.39 Å². The predicted octanol–water partition coefficient (Wildman–Crippen LogP) is 3.94. The summed E-state index contributed by atoms with van der Waals surface area (Å²) in [6.07, 6.45) is 2.63. The highest BCUT2D eigenvalue weighted by atomic mass is 32.2. The molecule has 0 fully saturated rings. The Morgan fingerprint density at radius 2 is 1.94 bits per heavy atom. The van der Waals surface area contributed by atoms with Gasteiger partial charge in [0.25, 0.3) is 0 Å². The lowest BCUT2D eigenvalue weighted by atomic mass is 10.3. The van der Waals surface area contributed by atoms with Gasteiger partial charge in [-0.25, -0.2) is 0 Å². The molecule has 0 saturated heterocycles. The summed E-state index contributed by atoms with van der Waals surface area (Å²) in [5.74, 6) is 2.67. The molecule has 1 rings (SSSR count). The van der Waals surface area contributed by atoms with Crippen molar-refractivity contribution in [2.24, 2.45) is 0 Å². The van der Waals surface area contributed by atoms with E-state index in [2.05, 4.69) is 0 Å². The zero-order chi connectivity index (χ0) is 12.5. The Hall–Kier alpha value is -0.900. The first-order valence-corrected chi connectivity index (χ1v) is 6.71. The molecule has 0 unspecified atom stereocenters. The molecule has 0 radical (unpaired) electrons. The number of alkyl halides is 1. The summed E-state index contributed by atoms with van der Waals surface area (Å²) in [7, 11) is 3.31. The molecule has 0 aromatic heterocycles. The van der Waals surface area contributed by atoms with Crippen molar-refractivity contribution < 1.29 is 13.9 Å². The number of unbranched alkanes of at least 4 members (excludes halogenated alkanes) is 2. The Morgan fingerprint density at radius 3 is 2.59 bits per heavy atom. The standard InChI is InChI=1S/C13H19FO2S/c1-15-11-6-7-12(16-2)13(10-11)17-9-5-3-4-8-14/h6-7,10H,3-5,8-9H2,1-2H3. The Morgan fingerprint density at radius 1 is 1.12 bits per heavy atom. The monoisotopic (exact) mass is 258 g/mol. The van der Waals surface area contributed by atoms with Gasteiger partial charge < -0.3 is 9.47 Å². The third-order valence-corrected chi connectivity index (χ3v) is 3.53. The normalized spacial score (nSPS) is 10.3. The molecular weight excluding hydrogens is 239 g/mol. The number of halogens is 1. The minimum atomic E-state index is -0.215. The van der Waals surface area contributed by atoms with Crippen LogP contribution in [0.3, 0.4) is 0 Å². The van der Waals surface area contributed by atoms with E-state index in [0.29, 0.717) is 6.42 Å². The summed E-state index contributed by atoms with van der Waals surface area (Å²) in [4.78, 5) is 1.08. The molecule has 0 amide bonds. The first-order chi connectivity index (χ1) is 8.31. The Labute approximate surface area is 107 Å². The highest BCUT2D eigenvalue weighted by Crippen LogP contribution is 2.33. The molecule has 0 aliphatic rings. The van der Waals surface area contributed by atoms with Gasteiger partial charge in [-0.05, 0) is 36.8 Å². The van der Waals surface area contributed by atoms with Gasteiger partial charge in [-0.15, -0.1) is 11.8 Å². The quantitative estimate of drug-likeness (QED) is 0.520. The lowest BCUT2D eigenvalue weighted by Crippen LogP contribution is -1.90. The van der Waals surface area contributed by atoms with Crippen LogP contribution in [0.2, 0.25) is 0 Å². The number of rotatable bonds is 8. The molecule has 0 N–H and O–H groups in total. The largest absolute Gasteiger partial charge is 0.497 e. The fourth-order valence-electron chi connectivity index (χ4n) is 1.45. The van der Waals surface area contributed by atoms with Gasteiger partial charge in [0.2, 0.25) is 0 Å². The van der Waals surface area contributed by atoms with Crippen molar-refractivity contribution >= 4 is 11.8 Å². The molecule has 0 atom stereocenters. The maximum absolute atomic E-state index is 11.9. The maximum atomic E-state index is 11.9. The third kappa shape index (κ3) is 4.86. The van der Waals surface area contributed by atoms with Gasteiger partial charge in [0.05, 0.1) is 25.8 Å². The van der Waals surface area contributed by atoms with Gasteiger partial charge >= 0.3 is 0 Å². The molecule has 0 bridgehead atoms. The third-order valence-electron chi connectivity index (χ3n) is 2.41. The van der Waals surface area contributed by atoms with Crippen LogP contribution in [0.15, 0.2) is 23.1 Å². The average Bonchev–Trinajstić information content (AvgIpc) is 2.38. The topological polar surface area (TPSA) is 18.5 Å². The van der Waals surface area contributed by atoms with Crippen molar-refractivity contribution in [3.8, 4) is 11.5 Å². The molecule has 0 spiro atoms. The van der Waals surface area contributed by atoms with Gasteiger partial charge in [0.1, 0.15) is 11.5 Å². The molecular formula is C13H19FO2S. The SMILES string of the molecule is COc1ccc(OC)c(SCCCCCF)c1. The van der Waals surface area contributed by atoms with E-state index in [1.54, 1.807) is 26.0 Å². The second kappa shape index (κ2) is 8.23. The second-order valence-electron chi connectivity index (χ2n) is 3.61. The van der Waals surface area contributed by atoms with E-state index < -0.39 is 0 Å². The maximum Gasteiger partial charge on any atom is 0.132 e. The molecule has 0 heterocycles. The van der Waals surface area contributed by atoms with Crippen LogP contribution in [0.25, 0.3) is 0 Å². The zero-order valence-corrected chi connectivity index (χ0v) is 11.2. The van der Waals surface area contributed by atoms with Crippen LogP contribution in [-0.4, -0.2) is 26.6 Å². The molecule has 1 aromatic carbocycles. The summed E-state index contributed by atoms with van der Waals surface area (Å²) in [5, 5.41) is 0. The smallest absolute Gasteiger partial charge is 0.132 e. The van der Waals surface area contributed by atoms with Crippen LogP contribution in [-0.2, 0) is 0 Å². The zero-order valence-electron chi connectivity index (χ0n) is 10.4. The average molecular weight is 258 g/mol. The summed E-state index contributed by atoms with van der Waals surface area (Å²) < 4.78 is 22.4. The van der Waals surface area contributed by atoms with Crippen molar-refractivity contribution in [2.45, 2.75) is 24.2 Å². The highest BCUT2D eigenvalue weighted by molar-refractivity contribution is 7.99. The molecule has 1 aromatic rings. The van der Waals surface area contributed by atoms with Crippen molar-refractivity contribution in [1.82, 2.24) is 0 Å². The van der Waals surface area contributed by atoms with E-state index in [1.807, 2.05) is 18.2 Å². The predicted molar refractivity (Wildman–Crippen MR) is 70.1 cm³/mol. The Balaban J connectivity index is 2.49. The van der Waals surface area contributed by atoms with Crippen LogP contribution >= 0.6 is 11.8 Å². The van der Waals surface area contributed by atoms with Crippen LogP contribution in [0, 0.1) is 0 Å². The lowest BCUT2D eigenvalue weighted by Gasteiger charge is -2.09. The second-order valence-corrected chi connectivity index (χ2v) is 4.75. The number of hydrogen-bond donors (Lipinski definition) is 0. The van der Waals surface area contributed by atoms with Crippen LogP contribution in [0.1, 0.15) is 19.3 Å². The summed E-state index contributed by atoms with van der Waals surface area (Å²) in [6, 6.07) is 5.76. The fraction of sp³-hybridized carbons (Fsp3) is 0.538. The van der Waals surface area contributed by atoms with Gasteiger partial charge in [-0.2, -0.15) is 0 Å². The van der Waals surface area contributed by atoms with Gasteiger partial charge in [0.15, 0.2) is 0 Å². The van der Waals surface area contributed by atoms with Crippen LogP contribution in [0.5, 0.6) is 11.5 Å². The number of hydrogen-bond acceptors (Lipinski definition) is 3. The minimum absolute atomic E-state index is 0.215. The van der Waals surface area contributed by atoms with E-state index in [0.717, 1.165) is 35.0 Å².